The third-order valence-electron chi connectivity index (χ3n) is 5.13. The molecule has 2 fully saturated rings. The zero-order valence-electron chi connectivity index (χ0n) is 16.5. The molecule has 0 atom stereocenters. The van der Waals surface area contributed by atoms with E-state index in [4.69, 9.17) is 4.98 Å². The van der Waals surface area contributed by atoms with Gasteiger partial charge in [-0.2, -0.15) is 11.8 Å². The van der Waals surface area contributed by atoms with Crippen molar-refractivity contribution in [3.8, 4) is 0 Å². The van der Waals surface area contributed by atoms with Crippen LogP contribution in [0.15, 0.2) is 23.3 Å². The maximum atomic E-state index is 4.71. The number of guanidine groups is 1. The largest absolute Gasteiger partial charge is 0.357 e. The number of nitrogens with zero attached hydrogens (tertiary/aromatic N) is 4. The molecule has 0 amide bonds. The maximum Gasteiger partial charge on any atom is 0.193 e. The van der Waals surface area contributed by atoms with Gasteiger partial charge in [0.2, 0.25) is 0 Å². The topological polar surface area (TPSA) is 43.8 Å². The van der Waals surface area contributed by atoms with Crippen LogP contribution in [0.2, 0.25) is 0 Å². The molecule has 1 aromatic rings. The number of anilines is 1. The Labute approximate surface area is 162 Å². The van der Waals surface area contributed by atoms with Crippen molar-refractivity contribution >= 4 is 23.5 Å². The molecule has 144 valence electrons. The van der Waals surface area contributed by atoms with E-state index in [1.165, 1.54) is 31.2 Å². The van der Waals surface area contributed by atoms with Crippen LogP contribution >= 0.6 is 11.8 Å². The van der Waals surface area contributed by atoms with E-state index in [1.54, 1.807) is 0 Å². The number of hydrogen-bond donors (Lipinski definition) is 1. The van der Waals surface area contributed by atoms with Crippen LogP contribution in [0.3, 0.4) is 0 Å². The van der Waals surface area contributed by atoms with E-state index in [0.717, 1.165) is 50.3 Å². The molecule has 0 aliphatic carbocycles. The second-order valence-corrected chi connectivity index (χ2v) is 9.66. The fraction of sp³-hybridized carbons (Fsp3) is 0.700. The maximum absolute atomic E-state index is 4.71. The van der Waals surface area contributed by atoms with Gasteiger partial charge in [-0.15, -0.1) is 0 Å². The summed E-state index contributed by atoms with van der Waals surface area (Å²) in [6.07, 6.45) is 7.28. The number of thioether (sulfide) groups is 1. The molecular weight excluding hydrogens is 342 g/mol. The summed E-state index contributed by atoms with van der Waals surface area (Å²) in [7, 11) is 1.87. The van der Waals surface area contributed by atoms with Gasteiger partial charge >= 0.3 is 0 Å². The zero-order valence-corrected chi connectivity index (χ0v) is 17.3. The normalized spacial score (nSPS) is 21.4. The molecule has 0 saturated carbocycles. The first-order chi connectivity index (χ1) is 12.6. The van der Waals surface area contributed by atoms with Crippen molar-refractivity contribution in [2.45, 2.75) is 50.8 Å². The number of pyridine rings is 1. The number of aromatic nitrogens is 1. The van der Waals surface area contributed by atoms with Crippen molar-refractivity contribution in [1.82, 2.24) is 15.2 Å². The number of hydrogen-bond acceptors (Lipinski definition) is 4. The highest BCUT2D eigenvalue weighted by Crippen LogP contribution is 2.29. The van der Waals surface area contributed by atoms with Crippen LogP contribution < -0.4 is 10.2 Å². The quantitative estimate of drug-likeness (QED) is 0.648. The number of aliphatic imine (C=N–C) groups is 1. The Kier molecular flexibility index (Phi) is 6.68. The molecule has 0 aromatic carbocycles. The Bertz CT molecular complexity index is 591. The van der Waals surface area contributed by atoms with Gasteiger partial charge < -0.3 is 15.1 Å². The van der Waals surface area contributed by atoms with E-state index < -0.39 is 0 Å². The third kappa shape index (κ3) is 5.29. The van der Waals surface area contributed by atoms with Crippen molar-refractivity contribution < 1.29 is 0 Å². The van der Waals surface area contributed by atoms with Crippen molar-refractivity contribution in [2.75, 3.05) is 43.9 Å². The summed E-state index contributed by atoms with van der Waals surface area (Å²) >= 11 is 2.04. The summed E-state index contributed by atoms with van der Waals surface area (Å²) in [6, 6.07) is 4.37. The standard InChI is InChI=1S/C20H33N5S/c1-20(2)16-25(12-13-26-20)19(21-3)23-15-17-8-9-18(22-14-17)24-10-6-4-5-7-11-24/h8-9,14H,4-7,10-13,15-16H2,1-3H3,(H,21,23). The molecule has 2 aliphatic heterocycles. The Balaban J connectivity index is 1.55. The highest BCUT2D eigenvalue weighted by molar-refractivity contribution is 8.00. The van der Waals surface area contributed by atoms with Gasteiger partial charge in [-0.05, 0) is 38.3 Å². The van der Waals surface area contributed by atoms with Crippen LogP contribution in [0, 0.1) is 0 Å². The van der Waals surface area contributed by atoms with Gasteiger partial charge in [0, 0.05) is 56.5 Å². The monoisotopic (exact) mass is 375 g/mol. The molecule has 2 aliphatic rings. The zero-order chi connectivity index (χ0) is 18.4. The number of rotatable bonds is 3. The molecule has 26 heavy (non-hydrogen) atoms. The third-order valence-corrected chi connectivity index (χ3v) is 6.42. The molecule has 3 heterocycles. The lowest BCUT2D eigenvalue weighted by atomic mass is 10.2. The fourth-order valence-corrected chi connectivity index (χ4v) is 4.83. The van der Waals surface area contributed by atoms with E-state index in [9.17, 15) is 0 Å². The fourth-order valence-electron chi connectivity index (χ4n) is 3.72. The molecule has 3 rings (SSSR count). The molecule has 6 heteroatoms. The molecule has 0 unspecified atom stereocenters. The van der Waals surface area contributed by atoms with Gasteiger partial charge in [-0.25, -0.2) is 4.98 Å². The molecule has 0 spiro atoms. The Morgan fingerprint density at radius 3 is 2.58 bits per heavy atom. The van der Waals surface area contributed by atoms with Crippen molar-refractivity contribution in [2.24, 2.45) is 4.99 Å². The molecular formula is C20H33N5S. The minimum Gasteiger partial charge on any atom is -0.357 e. The lowest BCUT2D eigenvalue weighted by Crippen LogP contribution is -2.50. The van der Waals surface area contributed by atoms with Gasteiger partial charge in [0.05, 0.1) is 0 Å². The van der Waals surface area contributed by atoms with E-state index >= 15 is 0 Å². The summed E-state index contributed by atoms with van der Waals surface area (Å²) in [5, 5.41) is 3.52. The van der Waals surface area contributed by atoms with Crippen LogP contribution in [-0.2, 0) is 6.54 Å². The Morgan fingerprint density at radius 1 is 1.19 bits per heavy atom. The SMILES string of the molecule is CN=C(NCc1ccc(N2CCCCCC2)nc1)N1CCSC(C)(C)C1. The van der Waals surface area contributed by atoms with E-state index in [-0.39, 0.29) is 4.75 Å². The lowest BCUT2D eigenvalue weighted by Gasteiger charge is -2.39. The van der Waals surface area contributed by atoms with Gasteiger partial charge in [0.25, 0.3) is 0 Å². The lowest BCUT2D eigenvalue weighted by molar-refractivity contribution is 0.375. The minimum absolute atomic E-state index is 0.284. The minimum atomic E-state index is 0.284. The van der Waals surface area contributed by atoms with Gasteiger partial charge in [-0.3, -0.25) is 4.99 Å². The number of nitrogens with one attached hydrogen (secondary N) is 1. The van der Waals surface area contributed by atoms with Crippen molar-refractivity contribution in [3.05, 3.63) is 23.9 Å². The van der Waals surface area contributed by atoms with E-state index in [2.05, 4.69) is 46.1 Å². The molecule has 1 aromatic heterocycles. The van der Waals surface area contributed by atoms with Crippen LogP contribution in [0.1, 0.15) is 45.1 Å². The van der Waals surface area contributed by atoms with Crippen LogP contribution in [-0.4, -0.2) is 59.6 Å². The van der Waals surface area contributed by atoms with E-state index in [0.29, 0.717) is 0 Å². The Morgan fingerprint density at radius 2 is 1.96 bits per heavy atom. The van der Waals surface area contributed by atoms with Crippen molar-refractivity contribution in [3.63, 3.8) is 0 Å². The Hall–Kier alpha value is -1.43. The van der Waals surface area contributed by atoms with E-state index in [1.807, 2.05) is 25.0 Å². The summed E-state index contributed by atoms with van der Waals surface area (Å²) in [4.78, 5) is 14.0. The first-order valence-electron chi connectivity index (χ1n) is 9.87. The summed E-state index contributed by atoms with van der Waals surface area (Å²) in [5.74, 6) is 3.27. The molecule has 0 radical (unpaired) electrons. The first kappa shape index (κ1) is 19.3. The summed E-state index contributed by atoms with van der Waals surface area (Å²) in [6.45, 7) is 9.75. The average molecular weight is 376 g/mol. The average Bonchev–Trinajstić information content (AvgIpc) is 2.91. The highest BCUT2D eigenvalue weighted by Gasteiger charge is 2.28. The highest BCUT2D eigenvalue weighted by atomic mass is 32.2. The summed E-state index contributed by atoms with van der Waals surface area (Å²) < 4.78 is 0.284. The summed E-state index contributed by atoms with van der Waals surface area (Å²) in [5.41, 5.74) is 1.20. The predicted octanol–water partition coefficient (Wildman–Crippen LogP) is 3.36. The smallest absolute Gasteiger partial charge is 0.193 e. The molecule has 2 saturated heterocycles. The first-order valence-corrected chi connectivity index (χ1v) is 10.9. The molecule has 1 N–H and O–H groups in total. The molecule has 0 bridgehead atoms. The second kappa shape index (κ2) is 8.98. The molecule has 5 nitrogen and oxygen atoms in total. The van der Waals surface area contributed by atoms with Crippen molar-refractivity contribution in [1.29, 1.82) is 0 Å². The van der Waals surface area contributed by atoms with Crippen LogP contribution in [0.25, 0.3) is 0 Å². The van der Waals surface area contributed by atoms with Gasteiger partial charge in [0.15, 0.2) is 5.96 Å². The van der Waals surface area contributed by atoms with Crippen LogP contribution in [0.5, 0.6) is 0 Å². The predicted molar refractivity (Wildman–Crippen MR) is 113 cm³/mol. The van der Waals surface area contributed by atoms with Crippen LogP contribution in [0.4, 0.5) is 5.82 Å². The second-order valence-electron chi connectivity index (χ2n) is 7.86. The van der Waals surface area contributed by atoms with Gasteiger partial charge in [0.1, 0.15) is 5.82 Å². The van der Waals surface area contributed by atoms with Gasteiger partial charge in [-0.1, -0.05) is 18.9 Å².